The summed E-state index contributed by atoms with van der Waals surface area (Å²) in [5, 5.41) is 34.4. The Bertz CT molecular complexity index is 5280. The van der Waals surface area contributed by atoms with E-state index in [1.807, 2.05) is 144 Å². The average Bonchev–Trinajstić information content (AvgIpc) is 1.51. The monoisotopic (exact) mass is 2190 g/mol. The Labute approximate surface area is 911 Å². The Balaban J connectivity index is 0.000000306. The van der Waals surface area contributed by atoms with E-state index >= 15 is 0 Å². The van der Waals surface area contributed by atoms with Gasteiger partial charge in [-0.25, -0.2) is 34.2 Å². The molecule has 44 heteroatoms. The van der Waals surface area contributed by atoms with Gasteiger partial charge in [0.25, 0.3) is 18.1 Å². The molecule has 35 nitrogen and oxygen atoms in total. The standard InChI is InChI=1S/C34H45N7O5S.C34H47N5O5S.C21H25N3O2S.C13H22N4O4.6H2S/c1-22-30(24-9-6-5-7-10-24)45-32(36-22)40-18-19-41(27(21-40)28(42)17-16-26-11-8-20-47-26)31(43)29(37-33(44)46-34(2,3)4)23-12-14-25(15-13-23)38-39-35;1-22-30(24-9-6-5-7-10-24)43-32(36-22)38-18-19-39(27(21-38)28(40)17-16-26-11-8-20-45-26)31(41)29(23-12-14-25(35)15-13-23)37-33(42)44-34(2,3)4;1-15-20(16-6-3-2-4-7-16)26-21(23-15)24-12-11-22-18(14-24)19(25)10-9-17-8-5-13-27-17;1-13(2,3)21-12(20)15-10(11(18)19)8-4-6-9(7-5-8)16-17-14;;;;;;/h5-11,20,22-23,25,27,29-30H,12-19,21H2,1-4H3,(H,37,44);5-11,20,22-23,25,27,29-30H,12-19,21,35H2,1-4H3,(H,37,42);2-8,13,15,18,20,22H,9-12,14H2,1H3;8-10H,4-7H2,1-3H3,(H,15,20)(H,18,19);6*1H2/t2*22-,23?,25?,27-,29+,30+;15-,18-,20+;8?,9?,10-;;;;;;/m0001....../s1. The zero-order valence-corrected chi connectivity index (χ0v) is 93.9. The van der Waals surface area contributed by atoms with Gasteiger partial charge in [0.05, 0.1) is 24.2 Å². The number of azide groups is 2. The number of aryl methyl sites for hydroxylation is 3. The van der Waals surface area contributed by atoms with E-state index in [1.165, 1.54) is 4.88 Å². The number of benzene rings is 3. The number of alkyl carbamates (subject to hydrolysis) is 3. The number of amides is 5. The summed E-state index contributed by atoms with van der Waals surface area (Å²) in [6, 6.07) is 39.4. The molecule has 3 saturated carbocycles. The predicted octanol–water partition coefficient (Wildman–Crippen LogP) is 17.3. The highest BCUT2D eigenvalue weighted by Crippen LogP contribution is 2.39. The van der Waals surface area contributed by atoms with E-state index in [0.717, 1.165) is 58.8 Å². The van der Waals surface area contributed by atoms with E-state index in [0.29, 0.717) is 134 Å². The van der Waals surface area contributed by atoms with Crippen molar-refractivity contribution in [1.29, 1.82) is 0 Å². The zero-order valence-electron chi connectivity index (χ0n) is 85.5. The molecule has 3 saturated heterocycles. The topological polar surface area (TPSA) is 454 Å². The number of Topliss-reactive ketones (excluding diaryl/α,β-unsaturated/α-hetero) is 3. The predicted molar refractivity (Wildman–Crippen MR) is 601 cm³/mol. The van der Waals surface area contributed by atoms with Crippen molar-refractivity contribution in [2.24, 2.45) is 48.7 Å². The van der Waals surface area contributed by atoms with Crippen LogP contribution in [0.5, 0.6) is 0 Å². The van der Waals surface area contributed by atoms with Gasteiger partial charge in [0.15, 0.2) is 17.3 Å². The second kappa shape index (κ2) is 59.7. The Morgan fingerprint density at radius 1 is 0.438 bits per heavy atom. The van der Waals surface area contributed by atoms with Crippen LogP contribution in [-0.2, 0) is 76.5 Å². The van der Waals surface area contributed by atoms with Gasteiger partial charge in [-0.15, -0.1) is 34.0 Å². The lowest BCUT2D eigenvalue weighted by atomic mass is 9.81. The second-order valence-corrected chi connectivity index (χ2v) is 43.4. The van der Waals surface area contributed by atoms with Gasteiger partial charge in [0.1, 0.15) is 65.3 Å². The third-order valence-corrected chi connectivity index (χ3v) is 29.1. The van der Waals surface area contributed by atoms with Crippen LogP contribution in [0.1, 0.15) is 229 Å². The van der Waals surface area contributed by atoms with Gasteiger partial charge in [0, 0.05) is 121 Å². The number of ketones is 3. The maximum atomic E-state index is 14.5. The van der Waals surface area contributed by atoms with Crippen molar-refractivity contribution in [1.82, 2.24) is 45.8 Å². The molecule has 146 heavy (non-hydrogen) atoms. The number of carbonyl (C=O) groups is 9. The average molecular weight is 2190 g/mol. The third kappa shape index (κ3) is 37.3. The lowest BCUT2D eigenvalue weighted by Gasteiger charge is -2.43. The van der Waals surface area contributed by atoms with Gasteiger partial charge < -0.3 is 85.0 Å². The molecular weight excluding hydrogens is 2040 g/mol. The Morgan fingerprint density at radius 3 is 1.05 bits per heavy atom. The van der Waals surface area contributed by atoms with Crippen LogP contribution in [0.15, 0.2) is 169 Å². The molecule has 0 unspecified atom stereocenters. The molecule has 12 atom stereocenters. The van der Waals surface area contributed by atoms with Crippen molar-refractivity contribution in [2.45, 2.75) is 306 Å². The van der Waals surface area contributed by atoms with Crippen LogP contribution in [0.3, 0.4) is 0 Å². The van der Waals surface area contributed by atoms with Crippen molar-refractivity contribution >= 4 is 186 Å². The largest absolute Gasteiger partial charge is 0.480 e. The first-order valence-electron chi connectivity index (χ1n) is 49.1. The molecule has 3 aromatic carbocycles. The number of hydrogen-bond donors (Lipinski definition) is 6. The number of carbonyl (C=O) groups excluding carboxylic acids is 8. The minimum Gasteiger partial charge on any atom is -0.480 e. The van der Waals surface area contributed by atoms with Gasteiger partial charge in [-0.2, -0.15) is 81.0 Å². The highest BCUT2D eigenvalue weighted by atomic mass is 32.1. The molecule has 5 amide bonds. The molecule has 804 valence electrons. The Kier molecular flexibility index (Phi) is 51.2. The number of aliphatic imine (C=N–C) groups is 3. The van der Waals surface area contributed by atoms with Crippen molar-refractivity contribution in [2.75, 3.05) is 58.9 Å². The molecule has 0 spiro atoms. The number of nitrogens with zero attached hydrogens (tertiary/aromatic N) is 14. The van der Waals surface area contributed by atoms with Crippen molar-refractivity contribution in [3.63, 3.8) is 0 Å². The first kappa shape index (κ1) is 125. The summed E-state index contributed by atoms with van der Waals surface area (Å²) in [5.41, 5.74) is 24.6. The minimum atomic E-state index is -1.08. The number of rotatable bonds is 26. The van der Waals surface area contributed by atoms with Crippen LogP contribution in [-0.4, -0.2) is 249 Å². The number of amidine groups is 3. The molecule has 0 radical (unpaired) electrons. The number of nitrogens with two attached hydrogens (primary N) is 1. The fraction of sp³-hybridized carbons (Fsp3) is 0.588. The smallest absolute Gasteiger partial charge is 0.408 e. The molecule has 6 aliphatic heterocycles. The number of ether oxygens (including phenoxy) is 6. The normalized spacial score (nSPS) is 24.2. The maximum Gasteiger partial charge on any atom is 0.408 e. The molecule has 6 fully saturated rings. The van der Waals surface area contributed by atoms with Crippen LogP contribution < -0.4 is 27.0 Å². The molecule has 7 N–H and O–H groups in total. The fourth-order valence-electron chi connectivity index (χ4n) is 19.2. The van der Waals surface area contributed by atoms with Crippen molar-refractivity contribution < 1.29 is 76.7 Å². The third-order valence-electron chi connectivity index (χ3n) is 26.3. The number of carboxylic acid groups (broad SMARTS) is 1. The van der Waals surface area contributed by atoms with E-state index in [1.54, 1.807) is 106 Å². The zero-order chi connectivity index (χ0) is 100. The molecule has 15 rings (SSSR count). The van der Waals surface area contributed by atoms with Gasteiger partial charge in [-0.1, -0.05) is 119 Å². The second-order valence-electron chi connectivity index (χ2n) is 40.3. The number of piperazine rings is 3. The molecule has 6 aromatic rings. The van der Waals surface area contributed by atoms with Crippen LogP contribution >= 0.6 is 115 Å². The van der Waals surface area contributed by atoms with E-state index < -0.39 is 71.3 Å². The number of thiophene rings is 3. The molecule has 3 aromatic heterocycles. The summed E-state index contributed by atoms with van der Waals surface area (Å²) in [6.07, 6.45) is 8.49. The maximum absolute atomic E-state index is 14.5. The van der Waals surface area contributed by atoms with Gasteiger partial charge in [-0.05, 0) is 259 Å². The van der Waals surface area contributed by atoms with Gasteiger partial charge >= 0.3 is 24.2 Å². The van der Waals surface area contributed by atoms with E-state index in [-0.39, 0.29) is 215 Å². The highest BCUT2D eigenvalue weighted by Gasteiger charge is 2.48. The summed E-state index contributed by atoms with van der Waals surface area (Å²) < 4.78 is 35.1. The fourth-order valence-corrected chi connectivity index (χ4v) is 21.3. The summed E-state index contributed by atoms with van der Waals surface area (Å²) in [4.78, 5) is 152. The number of hydrogen-bond acceptors (Lipinski definition) is 28. The molecular formula is C102H151N19O16S9. The van der Waals surface area contributed by atoms with E-state index in [9.17, 15) is 48.3 Å². The number of carboxylic acids is 1. The quantitative estimate of drug-likeness (QED) is 0.0127. The van der Waals surface area contributed by atoms with Crippen molar-refractivity contribution in [3.8, 4) is 0 Å². The summed E-state index contributed by atoms with van der Waals surface area (Å²) in [5.74, 6) is -1.91. The summed E-state index contributed by atoms with van der Waals surface area (Å²) in [7, 11) is 0. The molecule has 3 aliphatic carbocycles. The van der Waals surface area contributed by atoms with Gasteiger partial charge in [-0.3, -0.25) is 24.0 Å². The SMILES string of the molecule is CC(C)(C)OC(=O)N[C@@H](C(=O)O)C1CCC(N=[N+]=[N-])CC1.C[C@@H]1N=C(N2CCN(C(=O)[C@H](NC(=O)OC(C)(C)C)C3CCC(N)CC3)[C@H](C(=O)CCc3cccs3)C2)O[C@H]1c1ccccc1.C[C@@H]1N=C(N2CCN(C(=O)[C@H](NC(=O)OC(C)(C)C)C3CCC(N=[N+]=[N-])CC3)[C@H](C(=O)CCc3cccs3)C2)O[C@H]1c1ccccc1.C[C@@H]1N=C(N2CCN[C@H](C(=O)CCc3cccs3)C2)O[C@H]1c1ccccc1.S.S.S.S.S.S. The molecule has 9 aliphatic rings. The van der Waals surface area contributed by atoms with Crippen LogP contribution in [0.25, 0.3) is 20.9 Å². The van der Waals surface area contributed by atoms with Crippen molar-refractivity contribution in [3.05, 3.63) is 196 Å². The molecule has 9 heterocycles. The van der Waals surface area contributed by atoms with E-state index in [2.05, 4.69) is 76.7 Å². The van der Waals surface area contributed by atoms with Crippen LogP contribution in [0.2, 0.25) is 0 Å². The van der Waals surface area contributed by atoms with Crippen LogP contribution in [0.4, 0.5) is 14.4 Å². The summed E-state index contributed by atoms with van der Waals surface area (Å²) in [6.45, 7) is 26.1. The highest BCUT2D eigenvalue weighted by molar-refractivity contribution is 7.60. The number of nitrogens with one attached hydrogen (secondary N) is 4. The lowest BCUT2D eigenvalue weighted by Crippen LogP contribution is -2.64. The Hall–Kier alpha value is -9.56. The van der Waals surface area contributed by atoms with Gasteiger partial charge in [0.2, 0.25) is 11.8 Å². The Morgan fingerprint density at radius 2 is 0.747 bits per heavy atom. The van der Waals surface area contributed by atoms with Crippen LogP contribution in [0, 0.1) is 17.8 Å². The first-order chi connectivity index (χ1) is 66.9. The molecule has 0 bridgehead atoms. The summed E-state index contributed by atoms with van der Waals surface area (Å²) >= 11 is 4.93. The minimum absolute atomic E-state index is 0. The lowest BCUT2D eigenvalue weighted by molar-refractivity contribution is -0.145. The number of aliphatic carboxylic acids is 1. The first-order valence-corrected chi connectivity index (χ1v) is 51.8. The van der Waals surface area contributed by atoms with E-state index in [4.69, 9.17) is 60.2 Å².